The summed E-state index contributed by atoms with van der Waals surface area (Å²) in [6.07, 6.45) is 0.782. The molecule has 0 spiro atoms. The van der Waals surface area contributed by atoms with Crippen molar-refractivity contribution in [3.8, 4) is 5.75 Å². The number of amides is 2. The Bertz CT molecular complexity index is 816. The van der Waals surface area contributed by atoms with Gasteiger partial charge in [-0.1, -0.05) is 54.6 Å². The molecular formula is C19H18N2O2. The molecule has 0 aliphatic heterocycles. The third kappa shape index (κ3) is 3.61. The molecule has 0 unspecified atom stereocenters. The zero-order valence-electron chi connectivity index (χ0n) is 12.6. The molecule has 3 N–H and O–H groups in total. The second-order valence-electron chi connectivity index (χ2n) is 5.29. The fourth-order valence-corrected chi connectivity index (χ4v) is 2.53. The van der Waals surface area contributed by atoms with Crippen molar-refractivity contribution in [1.29, 1.82) is 0 Å². The van der Waals surface area contributed by atoms with Crippen LogP contribution in [0.3, 0.4) is 0 Å². The van der Waals surface area contributed by atoms with Crippen LogP contribution in [0.25, 0.3) is 10.8 Å². The van der Waals surface area contributed by atoms with Crippen molar-refractivity contribution in [3.63, 3.8) is 0 Å². The van der Waals surface area contributed by atoms with E-state index in [2.05, 4.69) is 10.6 Å². The third-order valence-corrected chi connectivity index (χ3v) is 3.69. The van der Waals surface area contributed by atoms with Crippen molar-refractivity contribution >= 4 is 22.5 Å². The molecule has 0 atom stereocenters. The predicted octanol–water partition coefficient (Wildman–Crippen LogP) is 3.91. The van der Waals surface area contributed by atoms with Crippen LogP contribution in [0.1, 0.15) is 5.56 Å². The lowest BCUT2D eigenvalue weighted by Gasteiger charge is -2.11. The highest BCUT2D eigenvalue weighted by Gasteiger charge is 2.07. The molecule has 3 aromatic rings. The monoisotopic (exact) mass is 306 g/mol. The molecule has 23 heavy (non-hydrogen) atoms. The molecule has 3 aromatic carbocycles. The minimum atomic E-state index is -0.253. The van der Waals surface area contributed by atoms with Gasteiger partial charge in [0, 0.05) is 17.3 Å². The molecule has 3 rings (SSSR count). The lowest BCUT2D eigenvalue weighted by Crippen LogP contribution is -2.30. The van der Waals surface area contributed by atoms with Crippen molar-refractivity contribution < 1.29 is 9.90 Å². The van der Waals surface area contributed by atoms with E-state index in [0.717, 1.165) is 17.2 Å². The number of hydrogen-bond donors (Lipinski definition) is 3. The van der Waals surface area contributed by atoms with Crippen LogP contribution in [0.2, 0.25) is 0 Å². The zero-order chi connectivity index (χ0) is 16.1. The van der Waals surface area contributed by atoms with E-state index in [0.29, 0.717) is 12.2 Å². The first-order chi connectivity index (χ1) is 11.2. The molecule has 4 nitrogen and oxygen atoms in total. The van der Waals surface area contributed by atoms with Crippen LogP contribution in [0, 0.1) is 0 Å². The second-order valence-corrected chi connectivity index (χ2v) is 5.29. The van der Waals surface area contributed by atoms with Gasteiger partial charge in [0.15, 0.2) is 0 Å². The summed E-state index contributed by atoms with van der Waals surface area (Å²) in [6.45, 7) is 0.561. The van der Waals surface area contributed by atoms with Gasteiger partial charge in [0.05, 0.1) is 5.69 Å². The Kier molecular flexibility index (Phi) is 4.43. The number of rotatable bonds is 4. The Morgan fingerprint density at radius 1 is 0.870 bits per heavy atom. The molecule has 0 heterocycles. The topological polar surface area (TPSA) is 61.4 Å². The number of nitrogens with one attached hydrogen (secondary N) is 2. The molecule has 0 fully saturated rings. The smallest absolute Gasteiger partial charge is 0.319 e. The van der Waals surface area contributed by atoms with Crippen LogP contribution < -0.4 is 10.6 Å². The molecule has 0 saturated heterocycles. The number of hydrogen-bond acceptors (Lipinski definition) is 2. The standard InChI is InChI=1S/C19H18N2O2/c22-18-11-5-8-15-16(18)9-4-10-17(15)21-19(23)20-13-12-14-6-2-1-3-7-14/h1-11,22H,12-13H2,(H2,20,21,23). The fourth-order valence-electron chi connectivity index (χ4n) is 2.53. The van der Waals surface area contributed by atoms with Gasteiger partial charge in [0.2, 0.25) is 0 Å². The van der Waals surface area contributed by atoms with Crippen LogP contribution in [-0.4, -0.2) is 17.7 Å². The molecule has 0 saturated carbocycles. The number of urea groups is 1. The maximum Gasteiger partial charge on any atom is 0.319 e. The highest BCUT2D eigenvalue weighted by molar-refractivity contribution is 6.03. The van der Waals surface area contributed by atoms with Gasteiger partial charge < -0.3 is 15.7 Å². The molecule has 4 heteroatoms. The van der Waals surface area contributed by atoms with Crippen LogP contribution in [0.5, 0.6) is 5.75 Å². The van der Waals surface area contributed by atoms with Crippen LogP contribution in [-0.2, 0) is 6.42 Å². The number of carbonyl (C=O) groups excluding carboxylic acids is 1. The first-order valence-corrected chi connectivity index (χ1v) is 7.53. The molecular weight excluding hydrogens is 288 g/mol. The predicted molar refractivity (Wildman–Crippen MR) is 92.8 cm³/mol. The van der Waals surface area contributed by atoms with Gasteiger partial charge >= 0.3 is 6.03 Å². The third-order valence-electron chi connectivity index (χ3n) is 3.69. The molecule has 0 radical (unpaired) electrons. The van der Waals surface area contributed by atoms with Gasteiger partial charge in [-0.3, -0.25) is 0 Å². The van der Waals surface area contributed by atoms with E-state index in [-0.39, 0.29) is 11.8 Å². The van der Waals surface area contributed by atoms with E-state index < -0.39 is 0 Å². The first kappa shape index (κ1) is 14.9. The summed E-state index contributed by atoms with van der Waals surface area (Å²) in [5.74, 6) is 0.204. The van der Waals surface area contributed by atoms with Crippen molar-refractivity contribution in [2.24, 2.45) is 0 Å². The van der Waals surface area contributed by atoms with E-state index in [1.807, 2.05) is 54.6 Å². The first-order valence-electron chi connectivity index (χ1n) is 7.53. The summed E-state index contributed by atoms with van der Waals surface area (Å²) in [6, 6.07) is 20.5. The van der Waals surface area contributed by atoms with Gasteiger partial charge in [-0.2, -0.15) is 0 Å². The summed E-state index contributed by atoms with van der Waals surface area (Å²) >= 11 is 0. The molecule has 0 bridgehead atoms. The van der Waals surface area contributed by atoms with Crippen molar-refractivity contribution in [2.75, 3.05) is 11.9 Å². The number of anilines is 1. The summed E-state index contributed by atoms with van der Waals surface area (Å²) in [4.78, 5) is 12.0. The number of carbonyl (C=O) groups is 1. The summed E-state index contributed by atoms with van der Waals surface area (Å²) < 4.78 is 0. The Morgan fingerprint density at radius 2 is 1.61 bits per heavy atom. The van der Waals surface area contributed by atoms with Gasteiger partial charge in [0.25, 0.3) is 0 Å². The summed E-state index contributed by atoms with van der Waals surface area (Å²) in [5.41, 5.74) is 1.86. The van der Waals surface area contributed by atoms with Crippen LogP contribution >= 0.6 is 0 Å². The van der Waals surface area contributed by atoms with Gasteiger partial charge in [0.1, 0.15) is 5.75 Å². The van der Waals surface area contributed by atoms with Gasteiger partial charge in [-0.25, -0.2) is 4.79 Å². The molecule has 116 valence electrons. The van der Waals surface area contributed by atoms with Crippen LogP contribution in [0.4, 0.5) is 10.5 Å². The second kappa shape index (κ2) is 6.83. The minimum Gasteiger partial charge on any atom is -0.507 e. The van der Waals surface area contributed by atoms with Gasteiger partial charge in [-0.05, 0) is 24.1 Å². The Morgan fingerprint density at radius 3 is 2.43 bits per heavy atom. The Balaban J connectivity index is 1.63. The highest BCUT2D eigenvalue weighted by Crippen LogP contribution is 2.29. The average Bonchev–Trinajstić information content (AvgIpc) is 2.57. The van der Waals surface area contributed by atoms with E-state index in [9.17, 15) is 9.90 Å². The summed E-state index contributed by atoms with van der Waals surface area (Å²) in [7, 11) is 0. The Hall–Kier alpha value is -3.01. The fraction of sp³-hybridized carbons (Fsp3) is 0.105. The quantitative estimate of drug-likeness (QED) is 0.684. The van der Waals surface area contributed by atoms with Gasteiger partial charge in [-0.15, -0.1) is 0 Å². The summed E-state index contributed by atoms with van der Waals surface area (Å²) in [5, 5.41) is 17.1. The Labute approximate surface area is 134 Å². The van der Waals surface area contributed by atoms with Crippen molar-refractivity contribution in [3.05, 3.63) is 72.3 Å². The van der Waals surface area contributed by atoms with E-state index in [4.69, 9.17) is 0 Å². The number of phenols is 1. The lowest BCUT2D eigenvalue weighted by atomic mass is 10.1. The number of fused-ring (bicyclic) bond motifs is 1. The van der Waals surface area contributed by atoms with E-state index in [1.54, 1.807) is 12.1 Å². The lowest BCUT2D eigenvalue weighted by molar-refractivity contribution is 0.252. The molecule has 2 amide bonds. The van der Waals surface area contributed by atoms with Crippen LogP contribution in [0.15, 0.2) is 66.7 Å². The minimum absolute atomic E-state index is 0.204. The van der Waals surface area contributed by atoms with E-state index >= 15 is 0 Å². The zero-order valence-corrected chi connectivity index (χ0v) is 12.6. The number of benzene rings is 3. The normalized spacial score (nSPS) is 10.4. The number of aromatic hydroxyl groups is 1. The SMILES string of the molecule is O=C(NCCc1ccccc1)Nc1cccc2c(O)cccc12. The largest absolute Gasteiger partial charge is 0.507 e. The molecule has 0 aliphatic rings. The van der Waals surface area contributed by atoms with E-state index in [1.165, 1.54) is 5.56 Å². The number of phenolic OH excluding ortho intramolecular Hbond substituents is 1. The molecule has 0 aliphatic carbocycles. The average molecular weight is 306 g/mol. The van der Waals surface area contributed by atoms with Crippen molar-refractivity contribution in [1.82, 2.24) is 5.32 Å². The molecule has 0 aromatic heterocycles. The maximum atomic E-state index is 12.0. The van der Waals surface area contributed by atoms with Crippen molar-refractivity contribution in [2.45, 2.75) is 6.42 Å². The maximum absolute atomic E-state index is 12.0. The highest BCUT2D eigenvalue weighted by atomic mass is 16.3.